The highest BCUT2D eigenvalue weighted by atomic mass is 35.5. The lowest BCUT2D eigenvalue weighted by Crippen LogP contribution is -2.09. The smallest absolute Gasteiger partial charge is 0.247 e. The van der Waals surface area contributed by atoms with E-state index in [0.717, 1.165) is 0 Å². The van der Waals surface area contributed by atoms with Crippen LogP contribution in [0.5, 0.6) is 0 Å². The molecule has 0 aromatic carbocycles. The van der Waals surface area contributed by atoms with Crippen molar-refractivity contribution in [3.8, 4) is 0 Å². The normalized spacial score (nSPS) is 37.5. The van der Waals surface area contributed by atoms with Crippen molar-refractivity contribution in [1.29, 1.82) is 0 Å². The molecule has 1 fully saturated rings. The first-order chi connectivity index (χ1) is 3.52. The van der Waals surface area contributed by atoms with E-state index in [1.165, 1.54) is 0 Å². The molecule has 0 saturated heterocycles. The third-order valence-electron chi connectivity index (χ3n) is 1.13. The second-order valence-electron chi connectivity index (χ2n) is 1.90. The summed E-state index contributed by atoms with van der Waals surface area (Å²) in [7, 11) is 0. The monoisotopic (exact) mass is 144 g/mol. The number of hydrogen-bond donors (Lipinski definition) is 0. The predicted molar refractivity (Wildman–Crippen MR) is 23.8 cm³/mol. The van der Waals surface area contributed by atoms with E-state index in [1.807, 2.05) is 0 Å². The van der Waals surface area contributed by atoms with Gasteiger partial charge in [0.25, 0.3) is 0 Å². The van der Waals surface area contributed by atoms with Gasteiger partial charge in [-0.15, -0.1) is 0 Å². The predicted octanol–water partition coefficient (Wildman–Crippen LogP) is 2.18. The zero-order chi connectivity index (χ0) is 6.36. The Morgan fingerprint density at radius 3 is 1.88 bits per heavy atom. The molecule has 0 aromatic heterocycles. The van der Waals surface area contributed by atoms with E-state index in [-0.39, 0.29) is 6.42 Å². The van der Waals surface area contributed by atoms with Crippen LogP contribution in [0.15, 0.2) is 0 Å². The van der Waals surface area contributed by atoms with Crippen LogP contribution in [0.25, 0.3) is 0 Å². The fourth-order valence-corrected chi connectivity index (χ4v) is 0.729. The van der Waals surface area contributed by atoms with Gasteiger partial charge in [0, 0.05) is 0 Å². The summed E-state index contributed by atoms with van der Waals surface area (Å²) in [4.78, 5) is 0. The number of halogens is 4. The quantitative estimate of drug-likeness (QED) is 0.495. The van der Waals surface area contributed by atoms with Gasteiger partial charge in [0.05, 0.1) is 5.92 Å². The largest absolute Gasteiger partial charge is 0.327 e. The molecule has 8 heavy (non-hydrogen) atoms. The molecule has 2 unspecified atom stereocenters. The molecule has 0 bridgehead atoms. The van der Waals surface area contributed by atoms with Crippen LogP contribution in [0.2, 0.25) is 0 Å². The average Bonchev–Trinajstić information content (AvgIpc) is 2.13. The maximum Gasteiger partial charge on any atom is 0.327 e. The van der Waals surface area contributed by atoms with Crippen molar-refractivity contribution in [1.82, 2.24) is 0 Å². The van der Waals surface area contributed by atoms with E-state index in [9.17, 15) is 13.2 Å². The first-order valence-corrected chi connectivity index (χ1v) is 2.60. The Balaban J connectivity index is 2.39. The summed E-state index contributed by atoms with van der Waals surface area (Å²) in [6.07, 6.45) is -1.46. The first-order valence-electron chi connectivity index (χ1n) is 2.22. The van der Waals surface area contributed by atoms with Crippen molar-refractivity contribution >= 4 is 11.6 Å². The number of hydrogen-bond acceptors (Lipinski definition) is 0. The fourth-order valence-electron chi connectivity index (χ4n) is 0.503. The van der Waals surface area contributed by atoms with E-state index in [2.05, 4.69) is 11.6 Å². The van der Waals surface area contributed by atoms with Crippen LogP contribution in [0.3, 0.4) is 0 Å². The minimum absolute atomic E-state index is 0.0868. The van der Waals surface area contributed by atoms with Crippen molar-refractivity contribution in [2.24, 2.45) is 5.92 Å². The summed E-state index contributed by atoms with van der Waals surface area (Å²) in [5, 5.41) is -3.32. The number of alkyl halides is 4. The van der Waals surface area contributed by atoms with Gasteiger partial charge in [0.15, 0.2) is 0 Å². The van der Waals surface area contributed by atoms with Crippen LogP contribution < -0.4 is 0 Å². The van der Waals surface area contributed by atoms with Gasteiger partial charge < -0.3 is 0 Å². The van der Waals surface area contributed by atoms with Crippen molar-refractivity contribution in [2.45, 2.75) is 18.0 Å². The van der Waals surface area contributed by atoms with Crippen molar-refractivity contribution in [3.63, 3.8) is 0 Å². The lowest BCUT2D eigenvalue weighted by Gasteiger charge is -2.01. The van der Waals surface area contributed by atoms with Gasteiger partial charge in [-0.05, 0) is 18.0 Å². The molecule has 1 aliphatic rings. The third kappa shape index (κ3) is 1.08. The summed E-state index contributed by atoms with van der Waals surface area (Å²) in [6, 6.07) is 0. The topological polar surface area (TPSA) is 0 Å². The van der Waals surface area contributed by atoms with E-state index in [1.54, 1.807) is 0 Å². The molecular weight excluding hydrogens is 140 g/mol. The van der Waals surface area contributed by atoms with Crippen LogP contribution in [0.4, 0.5) is 13.2 Å². The summed E-state index contributed by atoms with van der Waals surface area (Å²) in [5.41, 5.74) is 0. The molecule has 1 saturated carbocycles. The molecule has 0 N–H and O–H groups in total. The van der Waals surface area contributed by atoms with Crippen LogP contribution in [-0.2, 0) is 0 Å². The Morgan fingerprint density at radius 2 is 1.88 bits per heavy atom. The molecule has 0 aliphatic heterocycles. The van der Waals surface area contributed by atoms with Gasteiger partial charge >= 0.3 is 5.38 Å². The highest BCUT2D eigenvalue weighted by Crippen LogP contribution is 2.47. The third-order valence-corrected chi connectivity index (χ3v) is 1.41. The lowest BCUT2D eigenvalue weighted by molar-refractivity contribution is 0.0616. The van der Waals surface area contributed by atoms with Gasteiger partial charge in [-0.2, -0.15) is 8.78 Å². The van der Waals surface area contributed by atoms with Crippen molar-refractivity contribution < 1.29 is 13.2 Å². The van der Waals surface area contributed by atoms with Gasteiger partial charge in [0.2, 0.25) is 0 Å². The molecule has 0 aromatic rings. The van der Waals surface area contributed by atoms with Crippen molar-refractivity contribution in [3.05, 3.63) is 0 Å². The summed E-state index contributed by atoms with van der Waals surface area (Å²) in [6.45, 7) is 0. The Hall–Kier alpha value is 0.0800. The Bertz CT molecular complexity index is 97.9. The van der Waals surface area contributed by atoms with Gasteiger partial charge in [-0.3, -0.25) is 0 Å². The molecule has 2 atom stereocenters. The molecule has 1 rings (SSSR count). The molecular formula is C4H4ClF3. The molecule has 1 aliphatic carbocycles. The standard InChI is InChI=1S/C4H4ClF3/c5-4(7,8)2-1-3(2)6/h2-3H,1H2. The Morgan fingerprint density at radius 1 is 1.50 bits per heavy atom. The Labute approximate surface area is 49.6 Å². The van der Waals surface area contributed by atoms with Gasteiger partial charge in [0.1, 0.15) is 6.17 Å². The molecule has 4 heteroatoms. The molecule has 0 amide bonds. The minimum Gasteiger partial charge on any atom is -0.247 e. The lowest BCUT2D eigenvalue weighted by atomic mass is 10.4. The second kappa shape index (κ2) is 1.53. The van der Waals surface area contributed by atoms with Crippen LogP contribution in [0.1, 0.15) is 6.42 Å². The maximum absolute atomic E-state index is 11.7. The molecule has 0 radical (unpaired) electrons. The maximum atomic E-state index is 11.7. The Kier molecular flexibility index (Phi) is 1.19. The van der Waals surface area contributed by atoms with Crippen LogP contribution >= 0.6 is 11.6 Å². The van der Waals surface area contributed by atoms with Crippen LogP contribution in [-0.4, -0.2) is 11.6 Å². The summed E-state index contributed by atoms with van der Waals surface area (Å²) >= 11 is 4.45. The summed E-state index contributed by atoms with van der Waals surface area (Å²) in [5.74, 6) is -1.22. The van der Waals surface area contributed by atoms with E-state index in [0.29, 0.717) is 0 Å². The van der Waals surface area contributed by atoms with E-state index >= 15 is 0 Å². The molecule has 0 nitrogen and oxygen atoms in total. The van der Waals surface area contributed by atoms with Gasteiger partial charge in [-0.1, -0.05) is 0 Å². The van der Waals surface area contributed by atoms with E-state index < -0.39 is 17.5 Å². The molecule has 48 valence electrons. The van der Waals surface area contributed by atoms with Gasteiger partial charge in [-0.25, -0.2) is 4.39 Å². The van der Waals surface area contributed by atoms with Crippen molar-refractivity contribution in [2.75, 3.05) is 0 Å². The van der Waals surface area contributed by atoms with E-state index in [4.69, 9.17) is 0 Å². The highest BCUT2D eigenvalue weighted by Gasteiger charge is 2.54. The second-order valence-corrected chi connectivity index (χ2v) is 2.40. The average molecular weight is 145 g/mol. The zero-order valence-corrected chi connectivity index (χ0v) is 4.63. The number of rotatable bonds is 1. The minimum atomic E-state index is -3.32. The zero-order valence-electron chi connectivity index (χ0n) is 3.87. The molecule has 0 spiro atoms. The van der Waals surface area contributed by atoms with Crippen LogP contribution in [0, 0.1) is 5.92 Å². The fraction of sp³-hybridized carbons (Fsp3) is 1.00. The summed E-state index contributed by atoms with van der Waals surface area (Å²) < 4.78 is 35.1. The first kappa shape index (κ1) is 6.20. The molecule has 0 heterocycles. The SMILES string of the molecule is FC1CC1C(F)(F)Cl. The highest BCUT2D eigenvalue weighted by molar-refractivity contribution is 6.22.